The van der Waals surface area contributed by atoms with E-state index in [2.05, 4.69) is 25.9 Å². The molecular weight excluding hydrogens is 420 g/mol. The van der Waals surface area contributed by atoms with Crippen molar-refractivity contribution in [3.8, 4) is 0 Å². The minimum atomic E-state index is -1.22. The summed E-state index contributed by atoms with van der Waals surface area (Å²) < 4.78 is 4.47. The van der Waals surface area contributed by atoms with E-state index in [0.29, 0.717) is 11.5 Å². The van der Waals surface area contributed by atoms with Crippen LogP contribution in [-0.2, 0) is 30.7 Å². The molecule has 3 heterocycles. The number of aromatic carboxylic acids is 1. The van der Waals surface area contributed by atoms with Gasteiger partial charge in [-0.3, -0.25) is 14.4 Å². The van der Waals surface area contributed by atoms with Crippen molar-refractivity contribution >= 4 is 41.0 Å². The van der Waals surface area contributed by atoms with E-state index in [1.807, 2.05) is 0 Å². The van der Waals surface area contributed by atoms with Gasteiger partial charge in [-0.1, -0.05) is 0 Å². The zero-order valence-electron chi connectivity index (χ0n) is 17.6. The monoisotopic (exact) mass is 442 g/mol. The number of nitrogens with zero attached hydrogens (tertiary/aromatic N) is 5. The minimum Gasteiger partial charge on any atom is -0.475 e. The highest BCUT2D eigenvalue weighted by molar-refractivity contribution is 6.02. The minimum absolute atomic E-state index is 0.0887. The first-order valence-corrected chi connectivity index (χ1v) is 9.45. The first-order valence-electron chi connectivity index (χ1n) is 9.45. The molecule has 3 aromatic rings. The zero-order valence-corrected chi connectivity index (χ0v) is 17.6. The van der Waals surface area contributed by atoms with Crippen LogP contribution in [0, 0.1) is 0 Å². The lowest BCUT2D eigenvalue weighted by Gasteiger charge is -2.06. The van der Waals surface area contributed by atoms with Gasteiger partial charge in [0, 0.05) is 64.8 Å². The van der Waals surface area contributed by atoms with E-state index < -0.39 is 23.7 Å². The molecule has 168 valence electrons. The standard InChI is InChI=1S/C19H22N8O5/c1-25-7-6-20-16(25)18(30)21-11-8-13(26(2)9-11)24-15(29)5-4-14(28)22-12-10-27(3)17(23-12)19(31)32/h6-10H,4-5H2,1-3H3,(H,21,30)(H,22,28)(H,24,29)(H,31,32). The summed E-state index contributed by atoms with van der Waals surface area (Å²) in [6, 6.07) is 1.58. The molecule has 4 N–H and O–H groups in total. The predicted molar refractivity (Wildman–Crippen MR) is 113 cm³/mol. The average molecular weight is 442 g/mol. The van der Waals surface area contributed by atoms with E-state index in [4.69, 9.17) is 5.11 Å². The number of carboxylic acid groups (broad SMARTS) is 1. The molecule has 0 unspecified atom stereocenters. The lowest BCUT2D eigenvalue weighted by Crippen LogP contribution is -2.18. The number of aryl methyl sites for hydroxylation is 3. The quantitative estimate of drug-likeness (QED) is 0.400. The summed E-state index contributed by atoms with van der Waals surface area (Å²) in [5.41, 5.74) is 0.470. The lowest BCUT2D eigenvalue weighted by molar-refractivity contribution is -0.121. The van der Waals surface area contributed by atoms with E-state index in [-0.39, 0.29) is 30.3 Å². The Morgan fingerprint density at radius 1 is 0.906 bits per heavy atom. The van der Waals surface area contributed by atoms with E-state index in [1.165, 1.54) is 24.0 Å². The largest absolute Gasteiger partial charge is 0.475 e. The van der Waals surface area contributed by atoms with Crippen molar-refractivity contribution in [3.05, 3.63) is 42.5 Å². The number of carbonyl (C=O) groups excluding carboxylic acids is 3. The highest BCUT2D eigenvalue weighted by Crippen LogP contribution is 2.18. The van der Waals surface area contributed by atoms with Gasteiger partial charge in [0.2, 0.25) is 17.6 Å². The SMILES string of the molecule is Cn1cc(NC(=O)c2nccn2C)cc1NC(=O)CCC(=O)Nc1cn(C)c(C(=O)O)n1. The van der Waals surface area contributed by atoms with Crippen LogP contribution < -0.4 is 16.0 Å². The van der Waals surface area contributed by atoms with Crippen LogP contribution in [0.5, 0.6) is 0 Å². The maximum Gasteiger partial charge on any atom is 0.372 e. The highest BCUT2D eigenvalue weighted by Gasteiger charge is 2.16. The first kappa shape index (κ1) is 22.3. The van der Waals surface area contributed by atoms with E-state index >= 15 is 0 Å². The highest BCUT2D eigenvalue weighted by atomic mass is 16.4. The molecule has 0 bridgehead atoms. The number of rotatable bonds is 8. The Labute approximate surface area is 182 Å². The molecular formula is C19H22N8O5. The molecule has 13 nitrogen and oxygen atoms in total. The molecule has 0 spiro atoms. The number of carboxylic acids is 1. The second-order valence-electron chi connectivity index (χ2n) is 7.00. The first-order chi connectivity index (χ1) is 15.1. The summed E-state index contributed by atoms with van der Waals surface area (Å²) >= 11 is 0. The molecule has 0 saturated carbocycles. The maximum atomic E-state index is 12.3. The number of aromatic nitrogens is 5. The van der Waals surface area contributed by atoms with Crippen molar-refractivity contribution in [1.82, 2.24) is 23.7 Å². The molecule has 0 aliphatic carbocycles. The second-order valence-corrected chi connectivity index (χ2v) is 7.00. The summed E-state index contributed by atoms with van der Waals surface area (Å²) in [5, 5.41) is 16.8. The van der Waals surface area contributed by atoms with Crippen LogP contribution in [0.25, 0.3) is 0 Å². The van der Waals surface area contributed by atoms with Crippen molar-refractivity contribution in [2.45, 2.75) is 12.8 Å². The van der Waals surface area contributed by atoms with Gasteiger partial charge < -0.3 is 34.8 Å². The van der Waals surface area contributed by atoms with Crippen molar-refractivity contribution in [1.29, 1.82) is 0 Å². The zero-order chi connectivity index (χ0) is 23.4. The molecule has 0 radical (unpaired) electrons. The molecule has 0 atom stereocenters. The van der Waals surface area contributed by atoms with Crippen LogP contribution in [0.2, 0.25) is 0 Å². The van der Waals surface area contributed by atoms with Gasteiger partial charge in [-0.05, 0) is 0 Å². The molecule has 0 fully saturated rings. The summed E-state index contributed by atoms with van der Waals surface area (Å²) in [7, 11) is 4.89. The van der Waals surface area contributed by atoms with Gasteiger partial charge in [-0.15, -0.1) is 0 Å². The Balaban J connectivity index is 1.51. The maximum absolute atomic E-state index is 12.3. The number of carbonyl (C=O) groups is 4. The topological polar surface area (TPSA) is 165 Å². The number of imidazole rings is 2. The number of hydrogen-bond donors (Lipinski definition) is 4. The normalized spacial score (nSPS) is 10.6. The van der Waals surface area contributed by atoms with Gasteiger partial charge in [0.05, 0.1) is 5.69 Å². The molecule has 32 heavy (non-hydrogen) atoms. The Hall–Kier alpha value is -4.42. The summed E-state index contributed by atoms with van der Waals surface area (Å²) in [5.74, 6) is -1.95. The van der Waals surface area contributed by atoms with Gasteiger partial charge >= 0.3 is 5.97 Å². The molecule has 0 aromatic carbocycles. The molecule has 13 heteroatoms. The molecule has 0 aliphatic heterocycles. The molecule has 3 rings (SSSR count). The van der Waals surface area contributed by atoms with Gasteiger partial charge in [-0.25, -0.2) is 14.8 Å². The molecule has 0 aliphatic rings. The van der Waals surface area contributed by atoms with Crippen LogP contribution in [0.15, 0.2) is 30.9 Å². The Morgan fingerprint density at radius 3 is 2.19 bits per heavy atom. The third-order valence-electron chi connectivity index (χ3n) is 4.47. The molecule has 0 saturated heterocycles. The number of nitrogens with one attached hydrogen (secondary N) is 3. The van der Waals surface area contributed by atoms with E-state index in [9.17, 15) is 19.2 Å². The smallest absolute Gasteiger partial charge is 0.372 e. The predicted octanol–water partition coefficient (Wildman–Crippen LogP) is 0.800. The fraction of sp³-hybridized carbons (Fsp3) is 0.263. The number of anilines is 3. The van der Waals surface area contributed by atoms with Crippen molar-refractivity contribution in [2.75, 3.05) is 16.0 Å². The summed E-state index contributed by atoms with van der Waals surface area (Å²) in [6.07, 6.45) is 5.93. The summed E-state index contributed by atoms with van der Waals surface area (Å²) in [4.78, 5) is 55.3. The number of amides is 3. The Bertz CT molecular complexity index is 1190. The summed E-state index contributed by atoms with van der Waals surface area (Å²) in [6.45, 7) is 0. The van der Waals surface area contributed by atoms with E-state index in [0.717, 1.165) is 0 Å². The molecule has 3 aromatic heterocycles. The van der Waals surface area contributed by atoms with Crippen LogP contribution in [0.4, 0.5) is 17.3 Å². The van der Waals surface area contributed by atoms with Crippen LogP contribution in [0.1, 0.15) is 34.1 Å². The van der Waals surface area contributed by atoms with Gasteiger partial charge in [0.15, 0.2) is 11.6 Å². The Kier molecular flexibility index (Phi) is 6.37. The van der Waals surface area contributed by atoms with Crippen molar-refractivity contribution < 1.29 is 24.3 Å². The van der Waals surface area contributed by atoms with Crippen LogP contribution in [0.3, 0.4) is 0 Å². The average Bonchev–Trinajstić information content (AvgIpc) is 3.39. The third-order valence-corrected chi connectivity index (χ3v) is 4.47. The van der Waals surface area contributed by atoms with Gasteiger partial charge in [0.25, 0.3) is 5.91 Å². The second kappa shape index (κ2) is 9.16. The van der Waals surface area contributed by atoms with Gasteiger partial charge in [0.1, 0.15) is 5.82 Å². The van der Waals surface area contributed by atoms with Crippen molar-refractivity contribution in [3.63, 3.8) is 0 Å². The number of hydrogen-bond acceptors (Lipinski definition) is 6. The van der Waals surface area contributed by atoms with Gasteiger partial charge in [-0.2, -0.15) is 0 Å². The van der Waals surface area contributed by atoms with E-state index in [1.54, 1.807) is 41.7 Å². The van der Waals surface area contributed by atoms with Crippen LogP contribution in [-0.4, -0.2) is 52.5 Å². The third kappa shape index (κ3) is 5.19. The van der Waals surface area contributed by atoms with Crippen LogP contribution >= 0.6 is 0 Å². The fourth-order valence-corrected chi connectivity index (χ4v) is 2.89. The molecule has 3 amide bonds. The Morgan fingerprint density at radius 2 is 1.59 bits per heavy atom. The fourth-order valence-electron chi connectivity index (χ4n) is 2.89. The lowest BCUT2D eigenvalue weighted by atomic mass is 10.3. The van der Waals surface area contributed by atoms with Crippen molar-refractivity contribution in [2.24, 2.45) is 21.1 Å².